The van der Waals surface area contributed by atoms with Gasteiger partial charge in [-0.2, -0.15) is 0 Å². The van der Waals surface area contributed by atoms with Crippen molar-refractivity contribution < 1.29 is 4.79 Å². The van der Waals surface area contributed by atoms with Gasteiger partial charge >= 0.3 is 0 Å². The van der Waals surface area contributed by atoms with Gasteiger partial charge < -0.3 is 9.80 Å². The molecule has 3 nitrogen and oxygen atoms in total. The lowest BCUT2D eigenvalue weighted by Gasteiger charge is -2.37. The van der Waals surface area contributed by atoms with Crippen molar-refractivity contribution >= 4 is 11.6 Å². The number of likely N-dealkylation sites (tertiary alicyclic amines) is 1. The first-order valence-electron chi connectivity index (χ1n) is 9.45. The van der Waals surface area contributed by atoms with E-state index in [9.17, 15) is 4.79 Å². The largest absolute Gasteiger partial charge is 0.364 e. The summed E-state index contributed by atoms with van der Waals surface area (Å²) in [6.07, 6.45) is 4.63. The minimum absolute atomic E-state index is 0.181. The molecule has 1 saturated heterocycles. The van der Waals surface area contributed by atoms with Crippen LogP contribution in [-0.4, -0.2) is 29.9 Å². The van der Waals surface area contributed by atoms with Gasteiger partial charge in [0.2, 0.25) is 0 Å². The van der Waals surface area contributed by atoms with E-state index in [4.69, 9.17) is 0 Å². The van der Waals surface area contributed by atoms with Crippen LogP contribution in [0.3, 0.4) is 0 Å². The Morgan fingerprint density at radius 1 is 1.04 bits per heavy atom. The van der Waals surface area contributed by atoms with E-state index in [1.807, 2.05) is 17.0 Å². The molecule has 2 aliphatic rings. The van der Waals surface area contributed by atoms with Gasteiger partial charge in [0.15, 0.2) is 0 Å². The average molecular weight is 334 g/mol. The summed E-state index contributed by atoms with van der Waals surface area (Å²) in [6, 6.07) is 17.5. The molecule has 0 spiro atoms. The van der Waals surface area contributed by atoms with Crippen LogP contribution in [-0.2, 0) is 13.0 Å². The lowest BCUT2D eigenvalue weighted by atomic mass is 9.96. The van der Waals surface area contributed by atoms with Gasteiger partial charge in [-0.1, -0.05) is 30.3 Å². The van der Waals surface area contributed by atoms with Crippen LogP contribution in [0.5, 0.6) is 0 Å². The molecule has 0 radical (unpaired) electrons. The Balaban J connectivity index is 1.50. The standard InChI is InChI=1S/C22H26N2O/c1-17-8-11-19-6-2-3-7-21(19)24(17)16-18-9-12-20(13-10-18)22(25)23-14-4-5-15-23/h2-3,6-7,9-10,12-13,17H,4-5,8,11,14-16H2,1H3/t17-/m1/s1. The predicted octanol–water partition coefficient (Wildman–Crippen LogP) is 4.26. The van der Waals surface area contributed by atoms with E-state index in [1.54, 1.807) is 0 Å². The van der Waals surface area contributed by atoms with Crippen molar-refractivity contribution in [2.75, 3.05) is 18.0 Å². The number of carbonyl (C=O) groups excluding carboxylic acids is 1. The van der Waals surface area contributed by atoms with E-state index in [2.05, 4.69) is 48.2 Å². The number of rotatable bonds is 3. The molecule has 25 heavy (non-hydrogen) atoms. The molecular formula is C22H26N2O. The molecule has 0 unspecified atom stereocenters. The number of para-hydroxylation sites is 1. The van der Waals surface area contributed by atoms with Crippen LogP contribution in [0, 0.1) is 0 Å². The maximum absolute atomic E-state index is 12.5. The summed E-state index contributed by atoms with van der Waals surface area (Å²) in [4.78, 5) is 16.9. The summed E-state index contributed by atoms with van der Waals surface area (Å²) in [5.41, 5.74) is 4.89. The van der Waals surface area contributed by atoms with Gasteiger partial charge in [0.25, 0.3) is 5.91 Å². The van der Waals surface area contributed by atoms with Crippen LogP contribution in [0.2, 0.25) is 0 Å². The predicted molar refractivity (Wildman–Crippen MR) is 102 cm³/mol. The molecule has 0 aliphatic carbocycles. The van der Waals surface area contributed by atoms with E-state index in [1.165, 1.54) is 23.2 Å². The zero-order chi connectivity index (χ0) is 17.2. The van der Waals surface area contributed by atoms with Crippen molar-refractivity contribution in [3.8, 4) is 0 Å². The summed E-state index contributed by atoms with van der Waals surface area (Å²) in [5.74, 6) is 0.181. The van der Waals surface area contributed by atoms with Gasteiger partial charge in [0.05, 0.1) is 0 Å². The Labute approximate surface area is 150 Å². The Morgan fingerprint density at radius 3 is 2.52 bits per heavy atom. The second-order valence-electron chi connectivity index (χ2n) is 7.34. The van der Waals surface area contributed by atoms with Crippen LogP contribution in [0.4, 0.5) is 5.69 Å². The Bertz CT molecular complexity index is 747. The monoisotopic (exact) mass is 334 g/mol. The summed E-state index contributed by atoms with van der Waals surface area (Å²) < 4.78 is 0. The first-order chi connectivity index (χ1) is 12.2. The summed E-state index contributed by atoms with van der Waals surface area (Å²) >= 11 is 0. The summed E-state index contributed by atoms with van der Waals surface area (Å²) in [5, 5.41) is 0. The van der Waals surface area contributed by atoms with Crippen molar-refractivity contribution in [1.82, 2.24) is 4.90 Å². The molecule has 0 saturated carbocycles. The van der Waals surface area contributed by atoms with Crippen molar-refractivity contribution in [3.05, 3.63) is 65.2 Å². The molecule has 1 fully saturated rings. The minimum atomic E-state index is 0.181. The molecule has 2 aliphatic heterocycles. The molecule has 0 bridgehead atoms. The minimum Gasteiger partial charge on any atom is -0.364 e. The molecule has 0 aromatic heterocycles. The fourth-order valence-corrected chi connectivity index (χ4v) is 4.05. The number of amides is 1. The van der Waals surface area contributed by atoms with Gasteiger partial charge in [0, 0.05) is 36.9 Å². The van der Waals surface area contributed by atoms with Crippen molar-refractivity contribution in [2.45, 2.75) is 45.2 Å². The molecule has 2 heterocycles. The molecule has 1 atom stereocenters. The third kappa shape index (κ3) is 3.28. The third-order valence-corrected chi connectivity index (χ3v) is 5.61. The molecular weight excluding hydrogens is 308 g/mol. The first-order valence-corrected chi connectivity index (χ1v) is 9.45. The smallest absolute Gasteiger partial charge is 0.253 e. The average Bonchev–Trinajstić information content (AvgIpc) is 3.19. The van der Waals surface area contributed by atoms with E-state index < -0.39 is 0 Å². The summed E-state index contributed by atoms with van der Waals surface area (Å²) in [7, 11) is 0. The number of carbonyl (C=O) groups is 1. The van der Waals surface area contributed by atoms with Crippen molar-refractivity contribution in [1.29, 1.82) is 0 Å². The highest BCUT2D eigenvalue weighted by Crippen LogP contribution is 2.31. The number of hydrogen-bond acceptors (Lipinski definition) is 2. The van der Waals surface area contributed by atoms with Crippen molar-refractivity contribution in [3.63, 3.8) is 0 Å². The van der Waals surface area contributed by atoms with E-state index in [-0.39, 0.29) is 5.91 Å². The van der Waals surface area contributed by atoms with Crippen LogP contribution in [0.1, 0.15) is 47.7 Å². The van der Waals surface area contributed by atoms with Crippen molar-refractivity contribution in [2.24, 2.45) is 0 Å². The van der Waals surface area contributed by atoms with E-state index >= 15 is 0 Å². The maximum atomic E-state index is 12.5. The lowest BCUT2D eigenvalue weighted by molar-refractivity contribution is 0.0793. The fourth-order valence-electron chi connectivity index (χ4n) is 4.05. The highest BCUT2D eigenvalue weighted by molar-refractivity contribution is 5.94. The second kappa shape index (κ2) is 6.91. The highest BCUT2D eigenvalue weighted by Gasteiger charge is 2.23. The molecule has 0 N–H and O–H groups in total. The topological polar surface area (TPSA) is 23.6 Å². The van der Waals surface area contributed by atoms with Crippen LogP contribution in [0.25, 0.3) is 0 Å². The Kier molecular flexibility index (Phi) is 4.48. The highest BCUT2D eigenvalue weighted by atomic mass is 16.2. The van der Waals surface area contributed by atoms with Gasteiger partial charge in [-0.25, -0.2) is 0 Å². The van der Waals surface area contributed by atoms with Gasteiger partial charge in [0.1, 0.15) is 0 Å². The van der Waals surface area contributed by atoms with Crippen LogP contribution < -0.4 is 4.90 Å². The fraction of sp³-hybridized carbons (Fsp3) is 0.409. The number of anilines is 1. The molecule has 2 aromatic carbocycles. The molecule has 3 heteroatoms. The molecule has 130 valence electrons. The third-order valence-electron chi connectivity index (χ3n) is 5.61. The van der Waals surface area contributed by atoms with Gasteiger partial charge in [-0.3, -0.25) is 4.79 Å². The number of aryl methyl sites for hydroxylation is 1. The molecule has 4 rings (SSSR count). The number of nitrogens with zero attached hydrogens (tertiary/aromatic N) is 2. The lowest BCUT2D eigenvalue weighted by Crippen LogP contribution is -2.36. The first kappa shape index (κ1) is 16.2. The number of benzene rings is 2. The normalized spacial score (nSPS) is 19.8. The zero-order valence-electron chi connectivity index (χ0n) is 14.9. The van der Waals surface area contributed by atoms with E-state index in [0.29, 0.717) is 6.04 Å². The maximum Gasteiger partial charge on any atom is 0.253 e. The van der Waals surface area contributed by atoms with Crippen LogP contribution in [0.15, 0.2) is 48.5 Å². The second-order valence-corrected chi connectivity index (χ2v) is 7.34. The zero-order valence-corrected chi connectivity index (χ0v) is 14.9. The van der Waals surface area contributed by atoms with E-state index in [0.717, 1.165) is 44.5 Å². The summed E-state index contributed by atoms with van der Waals surface area (Å²) in [6.45, 7) is 5.02. The Morgan fingerprint density at radius 2 is 1.76 bits per heavy atom. The molecule has 1 amide bonds. The quantitative estimate of drug-likeness (QED) is 0.837. The van der Waals surface area contributed by atoms with Gasteiger partial charge in [-0.15, -0.1) is 0 Å². The van der Waals surface area contributed by atoms with Crippen LogP contribution >= 0.6 is 0 Å². The number of hydrogen-bond donors (Lipinski definition) is 0. The number of fused-ring (bicyclic) bond motifs is 1. The Hall–Kier alpha value is -2.29. The SMILES string of the molecule is C[C@@H]1CCc2ccccc2N1Cc1ccc(C(=O)N2CCCC2)cc1. The van der Waals surface area contributed by atoms with Gasteiger partial charge in [-0.05, 0) is 61.9 Å². The molecule has 2 aromatic rings.